The average molecular weight is 439 g/mol. The maximum absolute atomic E-state index is 12.3. The van der Waals surface area contributed by atoms with Crippen LogP contribution in [-0.2, 0) is 14.4 Å². The van der Waals surface area contributed by atoms with Crippen molar-refractivity contribution in [2.24, 2.45) is 10.5 Å². The van der Waals surface area contributed by atoms with Gasteiger partial charge in [-0.2, -0.15) is 10.1 Å². The number of para-hydroxylation sites is 1. The monoisotopic (exact) mass is 438 g/mol. The Labute approximate surface area is 186 Å². The topological polar surface area (TPSA) is 90.9 Å². The van der Waals surface area contributed by atoms with Crippen molar-refractivity contribution >= 4 is 46.7 Å². The van der Waals surface area contributed by atoms with Crippen LogP contribution in [0.2, 0.25) is 0 Å². The molecule has 2 aromatic rings. The molecule has 31 heavy (non-hydrogen) atoms. The van der Waals surface area contributed by atoms with E-state index in [9.17, 15) is 14.4 Å². The maximum atomic E-state index is 12.3. The first-order valence-corrected chi connectivity index (χ1v) is 11.0. The second-order valence-electron chi connectivity index (χ2n) is 8.41. The van der Waals surface area contributed by atoms with Gasteiger partial charge in [0, 0.05) is 17.0 Å². The van der Waals surface area contributed by atoms with Gasteiger partial charge in [0.15, 0.2) is 0 Å². The number of hydrogen-bond acceptors (Lipinski definition) is 5. The number of rotatable bonds is 6. The van der Waals surface area contributed by atoms with Gasteiger partial charge in [0.1, 0.15) is 5.84 Å². The number of nitrogens with one attached hydrogen (secondary N) is 2. The quantitative estimate of drug-likeness (QED) is 0.667. The highest BCUT2D eigenvalue weighted by molar-refractivity contribution is 8.00. The first kappa shape index (κ1) is 22.6. The highest BCUT2D eigenvalue weighted by atomic mass is 32.2. The Balaban J connectivity index is 1.52. The van der Waals surface area contributed by atoms with Crippen LogP contribution < -0.4 is 15.6 Å². The molecule has 2 N–H and O–H groups in total. The SMILES string of the molecule is CC(C)(C)CC(=O)Nc1cccc(SCC(=O)NC2=NN(c3ccccc3)C(=O)C2)c1. The zero-order valence-electron chi connectivity index (χ0n) is 17.8. The summed E-state index contributed by atoms with van der Waals surface area (Å²) in [4.78, 5) is 37.5. The van der Waals surface area contributed by atoms with Crippen LogP contribution in [0.4, 0.5) is 11.4 Å². The van der Waals surface area contributed by atoms with Crippen molar-refractivity contribution in [1.82, 2.24) is 5.32 Å². The van der Waals surface area contributed by atoms with Gasteiger partial charge in [-0.05, 0) is 35.7 Å². The second kappa shape index (κ2) is 9.78. The lowest BCUT2D eigenvalue weighted by Gasteiger charge is -2.17. The number of carbonyl (C=O) groups excluding carboxylic acids is 3. The highest BCUT2D eigenvalue weighted by Gasteiger charge is 2.26. The van der Waals surface area contributed by atoms with Crippen molar-refractivity contribution in [3.05, 3.63) is 54.6 Å². The molecule has 0 saturated carbocycles. The van der Waals surface area contributed by atoms with Gasteiger partial charge in [-0.25, -0.2) is 0 Å². The van der Waals surface area contributed by atoms with Crippen molar-refractivity contribution in [3.63, 3.8) is 0 Å². The molecule has 162 valence electrons. The van der Waals surface area contributed by atoms with Gasteiger partial charge in [0.2, 0.25) is 11.8 Å². The number of anilines is 2. The van der Waals surface area contributed by atoms with Crippen LogP contribution in [0.1, 0.15) is 33.6 Å². The smallest absolute Gasteiger partial charge is 0.255 e. The summed E-state index contributed by atoms with van der Waals surface area (Å²) < 4.78 is 0. The van der Waals surface area contributed by atoms with Crippen molar-refractivity contribution in [2.75, 3.05) is 16.1 Å². The minimum absolute atomic E-state index is 0.0423. The van der Waals surface area contributed by atoms with Gasteiger partial charge in [0.05, 0.1) is 17.9 Å². The molecule has 0 atom stereocenters. The molecule has 8 heteroatoms. The van der Waals surface area contributed by atoms with Gasteiger partial charge in [-0.1, -0.05) is 45.0 Å². The Morgan fingerprint density at radius 1 is 1.03 bits per heavy atom. The third kappa shape index (κ3) is 6.96. The Kier molecular flexibility index (Phi) is 7.12. The van der Waals surface area contributed by atoms with Gasteiger partial charge in [-0.15, -0.1) is 11.8 Å². The molecule has 1 heterocycles. The molecule has 0 aromatic heterocycles. The minimum atomic E-state index is -0.242. The number of thioether (sulfide) groups is 1. The molecular weight excluding hydrogens is 412 g/mol. The van der Waals surface area contributed by atoms with Crippen molar-refractivity contribution in [2.45, 2.75) is 38.5 Å². The fraction of sp³-hybridized carbons (Fsp3) is 0.304. The van der Waals surface area contributed by atoms with Gasteiger partial charge < -0.3 is 10.6 Å². The standard InChI is InChI=1S/C23H26N4O3S/c1-23(2,3)14-20(28)24-16-8-7-11-18(12-16)31-15-21(29)25-19-13-22(30)27(26-19)17-9-5-4-6-10-17/h4-12H,13-15H2,1-3H3,(H,24,28)(H,25,26,29). The molecule has 1 aliphatic heterocycles. The zero-order chi connectivity index (χ0) is 22.4. The molecule has 0 fully saturated rings. The summed E-state index contributed by atoms with van der Waals surface area (Å²) in [5.41, 5.74) is 1.27. The van der Waals surface area contributed by atoms with Crippen LogP contribution in [0.25, 0.3) is 0 Å². The van der Waals surface area contributed by atoms with Crippen LogP contribution in [0, 0.1) is 5.41 Å². The number of hydrazone groups is 1. The average Bonchev–Trinajstić information content (AvgIpc) is 3.06. The van der Waals surface area contributed by atoms with Crippen molar-refractivity contribution in [1.29, 1.82) is 0 Å². The van der Waals surface area contributed by atoms with Crippen LogP contribution in [-0.4, -0.2) is 29.3 Å². The van der Waals surface area contributed by atoms with Gasteiger partial charge in [0.25, 0.3) is 5.91 Å². The Hall–Kier alpha value is -3.13. The summed E-state index contributed by atoms with van der Waals surface area (Å²) >= 11 is 1.35. The zero-order valence-corrected chi connectivity index (χ0v) is 18.7. The van der Waals surface area contributed by atoms with Crippen LogP contribution in [0.5, 0.6) is 0 Å². The molecule has 0 unspecified atom stereocenters. The third-order valence-electron chi connectivity index (χ3n) is 4.24. The molecule has 3 amide bonds. The van der Waals surface area contributed by atoms with E-state index in [1.807, 2.05) is 63.2 Å². The first-order valence-electron chi connectivity index (χ1n) is 9.98. The number of hydrogen-bond donors (Lipinski definition) is 2. The van der Waals surface area contributed by atoms with E-state index in [0.29, 0.717) is 23.6 Å². The molecule has 1 aliphatic rings. The Bertz CT molecular complexity index is 999. The minimum Gasteiger partial charge on any atom is -0.326 e. The number of amidine groups is 1. The molecule has 0 spiro atoms. The molecule has 7 nitrogen and oxygen atoms in total. The lowest BCUT2D eigenvalue weighted by atomic mass is 9.92. The van der Waals surface area contributed by atoms with E-state index < -0.39 is 0 Å². The summed E-state index contributed by atoms with van der Waals surface area (Å²) in [7, 11) is 0. The van der Waals surface area contributed by atoms with E-state index >= 15 is 0 Å². The van der Waals surface area contributed by atoms with Crippen molar-refractivity contribution in [3.8, 4) is 0 Å². The molecule has 0 aliphatic carbocycles. The number of benzene rings is 2. The summed E-state index contributed by atoms with van der Waals surface area (Å²) in [5, 5.41) is 11.1. The highest BCUT2D eigenvalue weighted by Crippen LogP contribution is 2.24. The van der Waals surface area contributed by atoms with E-state index in [2.05, 4.69) is 15.7 Å². The lowest BCUT2D eigenvalue weighted by molar-refractivity contribution is -0.118. The number of amides is 3. The lowest BCUT2D eigenvalue weighted by Crippen LogP contribution is -2.31. The normalized spacial score (nSPS) is 13.7. The van der Waals surface area contributed by atoms with Crippen LogP contribution in [0.15, 0.2) is 64.6 Å². The molecular formula is C23H26N4O3S. The summed E-state index contributed by atoms with van der Waals surface area (Å²) in [6.45, 7) is 6.04. The van der Waals surface area contributed by atoms with E-state index in [-0.39, 0.29) is 35.3 Å². The molecule has 0 bridgehead atoms. The van der Waals surface area contributed by atoms with Gasteiger partial charge in [-0.3, -0.25) is 14.4 Å². The summed E-state index contributed by atoms with van der Waals surface area (Å²) in [6, 6.07) is 16.5. The van der Waals surface area contributed by atoms with E-state index in [0.717, 1.165) is 4.90 Å². The second-order valence-corrected chi connectivity index (χ2v) is 9.46. The van der Waals surface area contributed by atoms with Crippen LogP contribution >= 0.6 is 11.8 Å². The maximum Gasteiger partial charge on any atom is 0.255 e. The predicted molar refractivity (Wildman–Crippen MR) is 124 cm³/mol. The predicted octanol–water partition coefficient (Wildman–Crippen LogP) is 4.02. The Morgan fingerprint density at radius 2 is 1.77 bits per heavy atom. The molecule has 2 aromatic carbocycles. The fourth-order valence-corrected chi connectivity index (χ4v) is 3.72. The summed E-state index contributed by atoms with van der Waals surface area (Å²) in [6.07, 6.45) is 0.480. The first-order chi connectivity index (χ1) is 14.7. The Morgan fingerprint density at radius 3 is 2.48 bits per heavy atom. The molecule has 0 saturated heterocycles. The van der Waals surface area contributed by atoms with E-state index in [1.165, 1.54) is 16.8 Å². The largest absolute Gasteiger partial charge is 0.326 e. The van der Waals surface area contributed by atoms with Gasteiger partial charge >= 0.3 is 0 Å². The number of carbonyl (C=O) groups is 3. The molecule has 3 rings (SSSR count). The number of nitrogens with zero attached hydrogens (tertiary/aromatic N) is 2. The fourth-order valence-electron chi connectivity index (χ4n) is 2.97. The molecule has 0 radical (unpaired) electrons. The van der Waals surface area contributed by atoms with E-state index in [1.54, 1.807) is 12.1 Å². The van der Waals surface area contributed by atoms with E-state index in [4.69, 9.17) is 0 Å². The third-order valence-corrected chi connectivity index (χ3v) is 5.23. The van der Waals surface area contributed by atoms with Crippen LogP contribution in [0.3, 0.4) is 0 Å². The van der Waals surface area contributed by atoms with Crippen molar-refractivity contribution < 1.29 is 14.4 Å². The summed E-state index contributed by atoms with van der Waals surface area (Å²) in [5.74, 6) is 0.0289.